The van der Waals surface area contributed by atoms with Crippen LogP contribution in [0.15, 0.2) is 51.8 Å². The van der Waals surface area contributed by atoms with E-state index < -0.39 is 44.6 Å². The summed E-state index contributed by atoms with van der Waals surface area (Å²) < 4.78 is 76.7. The molecule has 0 N–H and O–H groups in total. The molecule has 3 rings (SSSR count). The summed E-state index contributed by atoms with van der Waals surface area (Å²) in [5.41, 5.74) is -1.34. The number of amides is 1. The van der Waals surface area contributed by atoms with Gasteiger partial charge in [0, 0.05) is 17.3 Å². The quantitative estimate of drug-likeness (QED) is 0.554. The molecule has 0 spiro atoms. The van der Waals surface area contributed by atoms with Gasteiger partial charge < -0.3 is 9.47 Å². The molecular weight excluding hydrogens is 507 g/mol. The highest BCUT2D eigenvalue weighted by molar-refractivity contribution is 9.10. The van der Waals surface area contributed by atoms with Crippen molar-refractivity contribution in [3.63, 3.8) is 0 Å². The number of carbonyl (C=O) groups excluding carboxylic acids is 2. The predicted octanol–water partition coefficient (Wildman–Crippen LogP) is 3.90. The van der Waals surface area contributed by atoms with Gasteiger partial charge in [-0.15, -0.1) is 0 Å². The van der Waals surface area contributed by atoms with Crippen molar-refractivity contribution in [1.29, 1.82) is 0 Å². The highest BCUT2D eigenvalue weighted by Gasteiger charge is 2.43. The van der Waals surface area contributed by atoms with Crippen molar-refractivity contribution >= 4 is 43.5 Å². The number of benzene rings is 2. The molecule has 7 nitrogen and oxygen atoms in total. The SMILES string of the molecule is COC(=O)CC[C@@H]1Oc2ccc(Br)cc2N(S(=O)(=O)c2cccc(C(F)(F)F)c2)C1=O. The van der Waals surface area contributed by atoms with Crippen LogP contribution in [-0.2, 0) is 30.5 Å². The number of methoxy groups -OCH3 is 1. The number of hydrogen-bond donors (Lipinski definition) is 0. The Bertz CT molecular complexity index is 1140. The fourth-order valence-electron chi connectivity index (χ4n) is 2.92. The summed E-state index contributed by atoms with van der Waals surface area (Å²) in [6, 6.07) is 7.34. The van der Waals surface area contributed by atoms with Gasteiger partial charge in [-0.05, 0) is 36.4 Å². The maximum absolute atomic E-state index is 13.3. The van der Waals surface area contributed by atoms with Crippen LogP contribution in [0.25, 0.3) is 0 Å². The zero-order valence-corrected chi connectivity index (χ0v) is 18.3. The number of alkyl halides is 3. The van der Waals surface area contributed by atoms with Crippen molar-refractivity contribution in [2.24, 2.45) is 0 Å². The minimum atomic E-state index is -4.77. The van der Waals surface area contributed by atoms with E-state index in [1.54, 1.807) is 6.07 Å². The van der Waals surface area contributed by atoms with Gasteiger partial charge in [0.25, 0.3) is 15.9 Å². The highest BCUT2D eigenvalue weighted by Crippen LogP contribution is 2.41. The third-order valence-corrected chi connectivity index (χ3v) is 6.62. The van der Waals surface area contributed by atoms with E-state index in [-0.39, 0.29) is 24.3 Å². The number of fused-ring (bicyclic) bond motifs is 1. The summed E-state index contributed by atoms with van der Waals surface area (Å²) in [7, 11) is -3.58. The van der Waals surface area contributed by atoms with Crippen molar-refractivity contribution in [3.8, 4) is 5.75 Å². The molecule has 1 aliphatic rings. The Hall–Kier alpha value is -2.60. The number of nitrogens with zero attached hydrogens (tertiary/aromatic N) is 1. The Morgan fingerprint density at radius 1 is 1.23 bits per heavy atom. The lowest BCUT2D eigenvalue weighted by Gasteiger charge is -2.33. The molecule has 0 unspecified atom stereocenters. The Morgan fingerprint density at radius 3 is 2.58 bits per heavy atom. The summed E-state index contributed by atoms with van der Waals surface area (Å²) in [4.78, 5) is 23.8. The second-order valence-electron chi connectivity index (χ2n) is 6.47. The van der Waals surface area contributed by atoms with Gasteiger partial charge in [0.2, 0.25) is 0 Å². The van der Waals surface area contributed by atoms with Gasteiger partial charge in [-0.3, -0.25) is 9.59 Å². The maximum atomic E-state index is 13.3. The van der Waals surface area contributed by atoms with Crippen LogP contribution in [0.2, 0.25) is 0 Å². The molecule has 2 aromatic rings. The van der Waals surface area contributed by atoms with Gasteiger partial charge in [0.1, 0.15) is 11.4 Å². The molecule has 0 saturated carbocycles. The minimum absolute atomic E-state index is 0.0215. The molecule has 0 aromatic heterocycles. The smallest absolute Gasteiger partial charge is 0.416 e. The van der Waals surface area contributed by atoms with E-state index in [4.69, 9.17) is 4.74 Å². The molecular formula is C19H15BrF3NO6S. The van der Waals surface area contributed by atoms with Crippen LogP contribution in [0.3, 0.4) is 0 Å². The van der Waals surface area contributed by atoms with Gasteiger partial charge in [0.15, 0.2) is 6.10 Å². The minimum Gasteiger partial charge on any atom is -0.478 e. The third kappa shape index (κ3) is 4.69. The van der Waals surface area contributed by atoms with Crippen molar-refractivity contribution in [3.05, 3.63) is 52.5 Å². The summed E-state index contributed by atoms with van der Waals surface area (Å²) >= 11 is 3.17. The number of rotatable bonds is 5. The van der Waals surface area contributed by atoms with E-state index in [2.05, 4.69) is 20.7 Å². The average molecular weight is 522 g/mol. The van der Waals surface area contributed by atoms with Crippen molar-refractivity contribution < 1.29 is 40.7 Å². The van der Waals surface area contributed by atoms with E-state index in [0.29, 0.717) is 14.8 Å². The molecule has 2 aromatic carbocycles. The topological polar surface area (TPSA) is 90.0 Å². The molecule has 1 amide bonds. The predicted molar refractivity (Wildman–Crippen MR) is 106 cm³/mol. The first-order valence-corrected chi connectivity index (χ1v) is 11.0. The summed E-state index contributed by atoms with van der Waals surface area (Å²) in [6.07, 6.45) is -6.54. The second-order valence-corrected chi connectivity index (χ2v) is 9.17. The fraction of sp³-hybridized carbons (Fsp3) is 0.263. The molecule has 0 aliphatic carbocycles. The molecule has 0 bridgehead atoms. The largest absolute Gasteiger partial charge is 0.478 e. The van der Waals surface area contributed by atoms with Gasteiger partial charge in [-0.25, -0.2) is 8.42 Å². The molecule has 0 fully saturated rings. The molecule has 1 atom stereocenters. The number of hydrogen-bond acceptors (Lipinski definition) is 6. The summed E-state index contributed by atoms with van der Waals surface area (Å²) in [6.45, 7) is 0. The number of ether oxygens (including phenoxy) is 2. The van der Waals surface area contributed by atoms with Crippen LogP contribution in [0.5, 0.6) is 5.75 Å². The maximum Gasteiger partial charge on any atom is 0.416 e. The normalized spacial score (nSPS) is 16.5. The Morgan fingerprint density at radius 2 is 1.94 bits per heavy atom. The lowest BCUT2D eigenvalue weighted by molar-refractivity contribution is -0.141. The zero-order valence-electron chi connectivity index (χ0n) is 15.8. The van der Waals surface area contributed by atoms with E-state index in [1.165, 1.54) is 12.1 Å². The number of anilines is 1. The highest BCUT2D eigenvalue weighted by atomic mass is 79.9. The lowest BCUT2D eigenvalue weighted by Crippen LogP contribution is -2.49. The Balaban J connectivity index is 2.09. The van der Waals surface area contributed by atoms with Crippen LogP contribution in [-0.4, -0.2) is 33.5 Å². The van der Waals surface area contributed by atoms with Crippen LogP contribution in [0.4, 0.5) is 18.9 Å². The van der Waals surface area contributed by atoms with E-state index in [0.717, 1.165) is 25.3 Å². The monoisotopic (exact) mass is 521 g/mol. The van der Waals surface area contributed by atoms with Gasteiger partial charge in [-0.1, -0.05) is 22.0 Å². The van der Waals surface area contributed by atoms with Crippen LogP contribution >= 0.6 is 15.9 Å². The van der Waals surface area contributed by atoms with E-state index in [1.807, 2.05) is 0 Å². The third-order valence-electron chi connectivity index (χ3n) is 4.42. The van der Waals surface area contributed by atoms with Gasteiger partial charge in [0.05, 0.1) is 17.6 Å². The second kappa shape index (κ2) is 8.50. The Kier molecular flexibility index (Phi) is 6.33. The van der Waals surface area contributed by atoms with Crippen LogP contribution < -0.4 is 9.04 Å². The first kappa shape index (κ1) is 23.1. The van der Waals surface area contributed by atoms with E-state index in [9.17, 15) is 31.2 Å². The average Bonchev–Trinajstić information content (AvgIpc) is 2.71. The van der Waals surface area contributed by atoms with Gasteiger partial charge in [-0.2, -0.15) is 17.5 Å². The Labute approximate surface area is 183 Å². The first-order valence-electron chi connectivity index (χ1n) is 8.74. The summed E-state index contributed by atoms with van der Waals surface area (Å²) in [5.74, 6) is -1.65. The van der Waals surface area contributed by atoms with Crippen molar-refractivity contribution in [2.45, 2.75) is 30.0 Å². The molecule has 0 radical (unpaired) electrons. The summed E-state index contributed by atoms with van der Waals surface area (Å²) in [5, 5.41) is 0. The standard InChI is InChI=1S/C19H15BrF3NO6S/c1-29-17(25)8-7-16-18(26)24(14-10-12(20)5-6-15(14)30-16)31(27,28)13-4-2-3-11(9-13)19(21,22)23/h2-6,9-10,16H,7-8H2,1H3/t16-/m0/s1. The first-order chi connectivity index (χ1) is 14.4. The van der Waals surface area contributed by atoms with Crippen molar-refractivity contribution in [2.75, 3.05) is 11.4 Å². The molecule has 0 saturated heterocycles. The van der Waals surface area contributed by atoms with Gasteiger partial charge >= 0.3 is 12.1 Å². The number of carbonyl (C=O) groups is 2. The number of sulfonamides is 1. The number of esters is 1. The fourth-order valence-corrected chi connectivity index (χ4v) is 4.76. The van der Waals surface area contributed by atoms with Crippen LogP contribution in [0.1, 0.15) is 18.4 Å². The molecule has 1 aliphatic heterocycles. The molecule has 1 heterocycles. The van der Waals surface area contributed by atoms with Crippen molar-refractivity contribution in [1.82, 2.24) is 0 Å². The van der Waals surface area contributed by atoms with Crippen LogP contribution in [0, 0.1) is 0 Å². The molecule has 166 valence electrons. The lowest BCUT2D eigenvalue weighted by atomic mass is 10.1. The molecule has 12 heteroatoms. The molecule has 31 heavy (non-hydrogen) atoms. The number of halogens is 4. The van der Waals surface area contributed by atoms with E-state index >= 15 is 0 Å². The zero-order chi connectivity index (χ0) is 23.0.